The number of likely N-dealkylation sites (N-methyl/N-ethyl adjacent to an activating group) is 1. The quantitative estimate of drug-likeness (QED) is 0.433. The highest BCUT2D eigenvalue weighted by Gasteiger charge is 2.20. The van der Waals surface area contributed by atoms with Crippen LogP contribution in [0.3, 0.4) is 0 Å². The Labute approximate surface area is 142 Å². The first-order valence-electron chi connectivity index (χ1n) is 7.61. The van der Waals surface area contributed by atoms with Gasteiger partial charge >= 0.3 is 0 Å². The lowest BCUT2D eigenvalue weighted by Crippen LogP contribution is -2.36. The van der Waals surface area contributed by atoms with Gasteiger partial charge in [-0.3, -0.25) is 4.79 Å². The Morgan fingerprint density at radius 1 is 1.39 bits per heavy atom. The summed E-state index contributed by atoms with van der Waals surface area (Å²) in [7, 11) is 1.64. The summed E-state index contributed by atoms with van der Waals surface area (Å²) in [6, 6.07) is 7.87. The molecule has 0 atom stereocenters. The molecule has 0 aliphatic carbocycles. The molecule has 1 aromatic rings. The van der Waals surface area contributed by atoms with Crippen LogP contribution in [0.25, 0.3) is 0 Å². The standard InChI is InChI=1S/C17H26FN3OS/c1-5-6-15(21(4)19)16(22)20-11-13-7-9-14(10-8-13)17(2,3)12-23-18/h6-10H,5,11-12,19H2,1-4H3,(H,20,22)/b15-6-. The number of allylic oxidation sites excluding steroid dienone is 1. The molecule has 128 valence electrons. The van der Waals surface area contributed by atoms with E-state index in [4.69, 9.17) is 5.84 Å². The number of hydrazine groups is 1. The molecule has 0 aliphatic rings. The second-order valence-electron chi connectivity index (χ2n) is 6.13. The number of nitrogens with zero attached hydrogens (tertiary/aromatic N) is 1. The van der Waals surface area contributed by atoms with Crippen LogP contribution < -0.4 is 11.2 Å². The third-order valence-corrected chi connectivity index (χ3v) is 4.44. The lowest BCUT2D eigenvalue weighted by Gasteiger charge is -2.23. The van der Waals surface area contributed by atoms with Crippen LogP contribution in [0, 0.1) is 0 Å². The van der Waals surface area contributed by atoms with Gasteiger partial charge in [0.05, 0.1) is 0 Å². The van der Waals surface area contributed by atoms with E-state index in [0.29, 0.717) is 30.1 Å². The molecular formula is C17H26FN3OS. The highest BCUT2D eigenvalue weighted by atomic mass is 32.2. The monoisotopic (exact) mass is 339 g/mol. The van der Waals surface area contributed by atoms with Crippen LogP contribution in [0.4, 0.5) is 3.89 Å². The van der Waals surface area contributed by atoms with Crippen LogP contribution in [0.2, 0.25) is 0 Å². The molecule has 0 saturated heterocycles. The van der Waals surface area contributed by atoms with Gasteiger partial charge in [0, 0.05) is 36.9 Å². The van der Waals surface area contributed by atoms with Crippen LogP contribution in [-0.4, -0.2) is 23.7 Å². The average molecular weight is 339 g/mol. The lowest BCUT2D eigenvalue weighted by molar-refractivity contribution is -0.119. The zero-order valence-corrected chi connectivity index (χ0v) is 15.0. The Morgan fingerprint density at radius 3 is 2.48 bits per heavy atom. The van der Waals surface area contributed by atoms with Crippen molar-refractivity contribution < 1.29 is 8.68 Å². The number of hydrogen-bond donors (Lipinski definition) is 2. The molecule has 0 aromatic heterocycles. The Kier molecular flexibility index (Phi) is 7.58. The van der Waals surface area contributed by atoms with Gasteiger partial charge in [0.15, 0.2) is 0 Å². The highest BCUT2D eigenvalue weighted by Crippen LogP contribution is 2.28. The molecule has 0 saturated carbocycles. The van der Waals surface area contributed by atoms with Crippen molar-refractivity contribution in [1.82, 2.24) is 10.3 Å². The minimum absolute atomic E-state index is 0.199. The Bertz CT molecular complexity index is 541. The van der Waals surface area contributed by atoms with E-state index in [2.05, 4.69) is 5.32 Å². The molecule has 3 N–H and O–H groups in total. The zero-order chi connectivity index (χ0) is 17.5. The summed E-state index contributed by atoms with van der Waals surface area (Å²) >= 11 is 0.353. The van der Waals surface area contributed by atoms with Crippen molar-refractivity contribution in [2.75, 3.05) is 12.8 Å². The molecule has 0 unspecified atom stereocenters. The summed E-state index contributed by atoms with van der Waals surface area (Å²) in [5, 5.41) is 4.17. The Balaban J connectivity index is 2.69. The van der Waals surface area contributed by atoms with Crippen molar-refractivity contribution in [1.29, 1.82) is 0 Å². The summed E-state index contributed by atoms with van der Waals surface area (Å²) < 4.78 is 12.5. The van der Waals surface area contributed by atoms with E-state index in [1.165, 1.54) is 5.01 Å². The Morgan fingerprint density at radius 2 is 2.00 bits per heavy atom. The molecule has 0 aliphatic heterocycles. The number of carbonyl (C=O) groups excluding carboxylic acids is 1. The summed E-state index contributed by atoms with van der Waals surface area (Å²) in [5.41, 5.74) is 2.29. The minimum atomic E-state index is -0.222. The first kappa shape index (κ1) is 19.5. The minimum Gasteiger partial charge on any atom is -0.347 e. The van der Waals surface area contributed by atoms with Crippen molar-refractivity contribution in [2.45, 2.75) is 39.2 Å². The van der Waals surface area contributed by atoms with Crippen LogP contribution >= 0.6 is 12.1 Å². The summed E-state index contributed by atoms with van der Waals surface area (Å²) in [6.07, 6.45) is 2.52. The van der Waals surface area contributed by atoms with E-state index in [-0.39, 0.29) is 11.3 Å². The van der Waals surface area contributed by atoms with Crippen LogP contribution in [0.15, 0.2) is 36.0 Å². The number of halogens is 1. The van der Waals surface area contributed by atoms with Crippen LogP contribution in [0.1, 0.15) is 38.3 Å². The fraction of sp³-hybridized carbons (Fsp3) is 0.471. The van der Waals surface area contributed by atoms with Crippen LogP contribution in [0.5, 0.6) is 0 Å². The van der Waals surface area contributed by atoms with Crippen molar-refractivity contribution in [3.8, 4) is 0 Å². The molecule has 6 heteroatoms. The van der Waals surface area contributed by atoms with Gasteiger partial charge in [-0.05, 0) is 17.5 Å². The van der Waals surface area contributed by atoms with Crippen molar-refractivity contribution >= 4 is 18.1 Å². The maximum Gasteiger partial charge on any atom is 0.268 e. The molecule has 0 radical (unpaired) electrons. The third kappa shape index (κ3) is 5.88. The van der Waals surface area contributed by atoms with Gasteiger partial charge in [0.25, 0.3) is 5.91 Å². The average Bonchev–Trinajstić information content (AvgIpc) is 2.50. The molecule has 23 heavy (non-hydrogen) atoms. The molecular weight excluding hydrogens is 313 g/mol. The predicted molar refractivity (Wildman–Crippen MR) is 95.2 cm³/mol. The van der Waals surface area contributed by atoms with Crippen molar-refractivity contribution in [2.24, 2.45) is 5.84 Å². The summed E-state index contributed by atoms with van der Waals surface area (Å²) in [6.45, 7) is 6.39. The fourth-order valence-corrected chi connectivity index (χ4v) is 2.60. The SMILES string of the molecule is CC/C=C(/C(=O)NCc1ccc(C(C)(C)CSF)cc1)N(C)N. The summed E-state index contributed by atoms with van der Waals surface area (Å²) in [5.74, 6) is 5.88. The zero-order valence-electron chi connectivity index (χ0n) is 14.2. The lowest BCUT2D eigenvalue weighted by atomic mass is 9.86. The molecule has 4 nitrogen and oxygen atoms in total. The second kappa shape index (κ2) is 8.93. The molecule has 1 rings (SSSR count). The van der Waals surface area contributed by atoms with Gasteiger partial charge in [-0.15, -0.1) is 0 Å². The van der Waals surface area contributed by atoms with E-state index >= 15 is 0 Å². The van der Waals surface area contributed by atoms with Gasteiger partial charge in [0.2, 0.25) is 0 Å². The van der Waals surface area contributed by atoms with Crippen molar-refractivity contribution in [3.05, 3.63) is 47.2 Å². The molecule has 1 aromatic carbocycles. The number of carbonyl (C=O) groups is 1. The number of nitrogens with two attached hydrogens (primary N) is 1. The van der Waals surface area contributed by atoms with E-state index < -0.39 is 0 Å². The third-order valence-electron chi connectivity index (χ3n) is 3.61. The van der Waals surface area contributed by atoms with Gasteiger partial charge in [-0.1, -0.05) is 51.1 Å². The molecule has 0 fully saturated rings. The number of rotatable bonds is 8. The normalized spacial score (nSPS) is 12.2. The summed E-state index contributed by atoms with van der Waals surface area (Å²) in [4.78, 5) is 12.1. The van der Waals surface area contributed by atoms with E-state index in [0.717, 1.165) is 17.5 Å². The van der Waals surface area contributed by atoms with Gasteiger partial charge in [-0.25, -0.2) is 5.84 Å². The van der Waals surface area contributed by atoms with Gasteiger partial charge in [-0.2, -0.15) is 3.89 Å². The van der Waals surface area contributed by atoms with Crippen molar-refractivity contribution in [3.63, 3.8) is 0 Å². The highest BCUT2D eigenvalue weighted by molar-refractivity contribution is 7.94. The maximum atomic E-state index is 12.5. The van der Waals surface area contributed by atoms with Crippen LogP contribution in [-0.2, 0) is 16.8 Å². The fourth-order valence-electron chi connectivity index (χ4n) is 2.16. The van der Waals surface area contributed by atoms with E-state index in [1.54, 1.807) is 13.1 Å². The topological polar surface area (TPSA) is 58.4 Å². The van der Waals surface area contributed by atoms with Gasteiger partial charge < -0.3 is 10.3 Å². The first-order chi connectivity index (χ1) is 10.8. The smallest absolute Gasteiger partial charge is 0.268 e. The number of hydrogen-bond acceptors (Lipinski definition) is 4. The number of amides is 1. The van der Waals surface area contributed by atoms with Gasteiger partial charge in [0.1, 0.15) is 5.70 Å². The first-order valence-corrected chi connectivity index (χ1v) is 8.50. The number of nitrogens with one attached hydrogen (secondary N) is 1. The second-order valence-corrected chi connectivity index (χ2v) is 6.63. The number of benzene rings is 1. The molecule has 1 amide bonds. The molecule has 0 spiro atoms. The Hall–Kier alpha value is -1.53. The molecule has 0 heterocycles. The van der Waals surface area contributed by atoms with E-state index in [9.17, 15) is 8.68 Å². The maximum absolute atomic E-state index is 12.5. The van der Waals surface area contributed by atoms with E-state index in [1.807, 2.05) is 45.0 Å². The predicted octanol–water partition coefficient (Wildman–Crippen LogP) is 3.30. The molecule has 0 bridgehead atoms. The largest absolute Gasteiger partial charge is 0.347 e.